The Bertz CT molecular complexity index is 495. The first-order chi connectivity index (χ1) is 7.74. The van der Waals surface area contributed by atoms with Crippen LogP contribution in [0, 0.1) is 0 Å². The van der Waals surface area contributed by atoms with Crippen LogP contribution in [0.1, 0.15) is 0 Å². The van der Waals surface area contributed by atoms with E-state index in [2.05, 4.69) is 0 Å². The highest BCUT2D eigenvalue weighted by Crippen LogP contribution is 2.36. The van der Waals surface area contributed by atoms with Gasteiger partial charge in [0, 0.05) is 5.56 Å². The molecule has 2 aromatic carbocycles. The molecule has 4 N–H and O–H groups in total. The minimum absolute atomic E-state index is 0.490. The topological polar surface area (TPSA) is 61.3 Å². The Labute approximate surface area is 94.6 Å². The monoisotopic (exact) mass is 214 g/mol. The highest BCUT2D eigenvalue weighted by atomic mass is 16.5. The van der Waals surface area contributed by atoms with E-state index in [1.54, 1.807) is 7.11 Å². The van der Waals surface area contributed by atoms with Crippen LogP contribution >= 0.6 is 0 Å². The first-order valence-electron chi connectivity index (χ1n) is 5.01. The number of hydrogen-bond donors (Lipinski definition) is 2. The summed E-state index contributed by atoms with van der Waals surface area (Å²) in [5, 5.41) is 0. The van der Waals surface area contributed by atoms with Crippen molar-refractivity contribution in [2.45, 2.75) is 0 Å². The zero-order valence-corrected chi connectivity index (χ0v) is 9.10. The summed E-state index contributed by atoms with van der Waals surface area (Å²) >= 11 is 0. The van der Waals surface area contributed by atoms with Gasteiger partial charge in [0.2, 0.25) is 0 Å². The van der Waals surface area contributed by atoms with Crippen LogP contribution in [-0.4, -0.2) is 7.11 Å². The lowest BCUT2D eigenvalue weighted by Gasteiger charge is -2.11. The average molecular weight is 214 g/mol. The molecule has 0 atom stereocenters. The third-order valence-corrected chi connectivity index (χ3v) is 2.55. The summed E-state index contributed by atoms with van der Waals surface area (Å²) in [6.07, 6.45) is 0. The van der Waals surface area contributed by atoms with E-state index < -0.39 is 0 Å². The normalized spacial score (nSPS) is 10.1. The summed E-state index contributed by atoms with van der Waals surface area (Å²) in [7, 11) is 1.58. The molecule has 3 heteroatoms. The molecule has 3 nitrogen and oxygen atoms in total. The minimum Gasteiger partial charge on any atom is -0.495 e. The lowest BCUT2D eigenvalue weighted by molar-refractivity contribution is 0.417. The van der Waals surface area contributed by atoms with Crippen molar-refractivity contribution in [2.24, 2.45) is 0 Å². The molecule has 2 rings (SSSR count). The molecule has 0 saturated heterocycles. The summed E-state index contributed by atoms with van der Waals surface area (Å²) in [6, 6.07) is 13.6. The molecule has 0 aliphatic carbocycles. The summed E-state index contributed by atoms with van der Waals surface area (Å²) in [6.45, 7) is 0. The minimum atomic E-state index is 0.490. The molecule has 0 aliphatic rings. The summed E-state index contributed by atoms with van der Waals surface area (Å²) in [5.74, 6) is 0.609. The quantitative estimate of drug-likeness (QED) is 0.755. The maximum absolute atomic E-state index is 5.99. The van der Waals surface area contributed by atoms with Crippen LogP contribution in [0.4, 0.5) is 11.4 Å². The Hall–Kier alpha value is -2.16. The highest BCUT2D eigenvalue weighted by Gasteiger charge is 2.09. The van der Waals surface area contributed by atoms with E-state index in [1.807, 2.05) is 42.5 Å². The molecule has 0 radical (unpaired) electrons. The van der Waals surface area contributed by atoms with Crippen molar-refractivity contribution >= 4 is 11.4 Å². The van der Waals surface area contributed by atoms with Crippen LogP contribution in [0.2, 0.25) is 0 Å². The second-order valence-corrected chi connectivity index (χ2v) is 3.51. The van der Waals surface area contributed by atoms with Gasteiger partial charge in [-0.2, -0.15) is 0 Å². The maximum atomic E-state index is 5.99. The van der Waals surface area contributed by atoms with Crippen LogP contribution in [0.15, 0.2) is 42.5 Å². The number of nitrogens with two attached hydrogens (primary N) is 2. The van der Waals surface area contributed by atoms with Crippen molar-refractivity contribution in [2.75, 3.05) is 18.6 Å². The van der Waals surface area contributed by atoms with Gasteiger partial charge in [0.05, 0.1) is 18.5 Å². The zero-order chi connectivity index (χ0) is 11.5. The summed E-state index contributed by atoms with van der Waals surface area (Å²) in [5.41, 5.74) is 14.9. The Morgan fingerprint density at radius 2 is 1.56 bits per heavy atom. The molecule has 0 amide bonds. The van der Waals surface area contributed by atoms with E-state index in [0.29, 0.717) is 17.1 Å². The van der Waals surface area contributed by atoms with Gasteiger partial charge in [0.25, 0.3) is 0 Å². The number of methoxy groups -OCH3 is 1. The number of ether oxygens (including phenoxy) is 1. The number of benzene rings is 2. The molecular formula is C13H14N2O. The van der Waals surface area contributed by atoms with Gasteiger partial charge in [-0.15, -0.1) is 0 Å². The van der Waals surface area contributed by atoms with Gasteiger partial charge in [0.15, 0.2) is 0 Å². The molecule has 0 bridgehead atoms. The van der Waals surface area contributed by atoms with Gasteiger partial charge in [-0.1, -0.05) is 30.3 Å². The van der Waals surface area contributed by atoms with Gasteiger partial charge in [-0.05, 0) is 17.7 Å². The fourth-order valence-corrected chi connectivity index (χ4v) is 1.66. The van der Waals surface area contributed by atoms with Crippen LogP contribution in [-0.2, 0) is 0 Å². The molecule has 0 aromatic heterocycles. The molecule has 0 saturated carbocycles. The Kier molecular flexibility index (Phi) is 2.68. The SMILES string of the molecule is COc1ccc(-c2ccccc2)c(N)c1N. The maximum Gasteiger partial charge on any atom is 0.143 e. The third-order valence-electron chi connectivity index (χ3n) is 2.55. The molecule has 0 aliphatic heterocycles. The molecule has 2 aromatic rings. The molecule has 0 unspecified atom stereocenters. The first kappa shape index (κ1) is 10.4. The van der Waals surface area contributed by atoms with Crippen molar-refractivity contribution in [1.82, 2.24) is 0 Å². The predicted molar refractivity (Wildman–Crippen MR) is 67.3 cm³/mol. The lowest BCUT2D eigenvalue weighted by Crippen LogP contribution is -2.00. The van der Waals surface area contributed by atoms with Gasteiger partial charge in [-0.25, -0.2) is 0 Å². The van der Waals surface area contributed by atoms with Crippen LogP contribution in [0.5, 0.6) is 5.75 Å². The number of anilines is 2. The van der Waals surface area contributed by atoms with Crippen LogP contribution < -0.4 is 16.2 Å². The smallest absolute Gasteiger partial charge is 0.143 e. The van der Waals surface area contributed by atoms with Crippen molar-refractivity contribution in [3.63, 3.8) is 0 Å². The first-order valence-corrected chi connectivity index (χ1v) is 5.01. The molecule has 82 valence electrons. The Morgan fingerprint density at radius 1 is 0.875 bits per heavy atom. The van der Waals surface area contributed by atoms with Gasteiger partial charge < -0.3 is 16.2 Å². The lowest BCUT2D eigenvalue weighted by atomic mass is 10.0. The Morgan fingerprint density at radius 3 is 2.19 bits per heavy atom. The van der Waals surface area contributed by atoms with Gasteiger partial charge >= 0.3 is 0 Å². The highest BCUT2D eigenvalue weighted by molar-refractivity contribution is 5.87. The summed E-state index contributed by atoms with van der Waals surface area (Å²) < 4.78 is 5.11. The zero-order valence-electron chi connectivity index (χ0n) is 9.10. The molecule has 0 spiro atoms. The predicted octanol–water partition coefficient (Wildman–Crippen LogP) is 2.53. The van der Waals surface area contributed by atoms with E-state index >= 15 is 0 Å². The van der Waals surface area contributed by atoms with Gasteiger partial charge in [-0.3, -0.25) is 0 Å². The standard InChI is InChI=1S/C13H14N2O/c1-16-11-8-7-10(12(14)13(11)15)9-5-3-2-4-6-9/h2-8H,14-15H2,1H3. The van der Waals surface area contributed by atoms with Gasteiger partial charge in [0.1, 0.15) is 5.75 Å². The number of hydrogen-bond acceptors (Lipinski definition) is 3. The molecule has 16 heavy (non-hydrogen) atoms. The number of rotatable bonds is 2. The molecule has 0 heterocycles. The third kappa shape index (κ3) is 1.67. The van der Waals surface area contributed by atoms with E-state index in [0.717, 1.165) is 11.1 Å². The van der Waals surface area contributed by atoms with Crippen molar-refractivity contribution in [1.29, 1.82) is 0 Å². The number of nitrogen functional groups attached to an aromatic ring is 2. The largest absolute Gasteiger partial charge is 0.495 e. The van der Waals surface area contributed by atoms with Crippen LogP contribution in [0.3, 0.4) is 0 Å². The Balaban J connectivity index is 2.56. The fraction of sp³-hybridized carbons (Fsp3) is 0.0769. The molecular weight excluding hydrogens is 200 g/mol. The second-order valence-electron chi connectivity index (χ2n) is 3.51. The van der Waals surface area contributed by atoms with Crippen molar-refractivity contribution in [3.8, 4) is 16.9 Å². The van der Waals surface area contributed by atoms with Crippen molar-refractivity contribution < 1.29 is 4.74 Å². The van der Waals surface area contributed by atoms with E-state index in [-0.39, 0.29) is 0 Å². The van der Waals surface area contributed by atoms with E-state index in [1.165, 1.54) is 0 Å². The second kappa shape index (κ2) is 4.14. The van der Waals surface area contributed by atoms with Crippen LogP contribution in [0.25, 0.3) is 11.1 Å². The average Bonchev–Trinajstić information content (AvgIpc) is 2.34. The van der Waals surface area contributed by atoms with E-state index in [4.69, 9.17) is 16.2 Å². The van der Waals surface area contributed by atoms with Crippen molar-refractivity contribution in [3.05, 3.63) is 42.5 Å². The summed E-state index contributed by atoms with van der Waals surface area (Å²) in [4.78, 5) is 0. The molecule has 0 fully saturated rings. The van der Waals surface area contributed by atoms with E-state index in [9.17, 15) is 0 Å². The fourth-order valence-electron chi connectivity index (χ4n) is 1.66.